The van der Waals surface area contributed by atoms with Crippen LogP contribution in [0.2, 0.25) is 0 Å². The van der Waals surface area contributed by atoms with E-state index in [4.69, 9.17) is 9.66 Å². The van der Waals surface area contributed by atoms with Crippen molar-refractivity contribution >= 4 is 17.2 Å². The zero-order valence-electron chi connectivity index (χ0n) is 7.79. The second kappa shape index (κ2) is 5.59. The third kappa shape index (κ3) is 4.20. The van der Waals surface area contributed by atoms with E-state index in [0.717, 1.165) is 5.56 Å². The molecule has 0 aliphatic rings. The van der Waals surface area contributed by atoms with Crippen molar-refractivity contribution < 1.29 is 18.7 Å². The SMILES string of the molecule is O=C(O)[C@H](Cc1ccccc1)NS(=O)O. The third-order valence-corrected chi connectivity index (χ3v) is 2.31. The lowest BCUT2D eigenvalue weighted by Crippen LogP contribution is -2.39. The van der Waals surface area contributed by atoms with Crippen LogP contribution in [0.4, 0.5) is 0 Å². The van der Waals surface area contributed by atoms with Gasteiger partial charge in [-0.1, -0.05) is 30.3 Å². The number of nitrogens with one attached hydrogen (secondary N) is 1. The van der Waals surface area contributed by atoms with Gasteiger partial charge in [-0.2, -0.15) is 4.72 Å². The normalized spacial score (nSPS) is 14.5. The molecule has 0 aromatic heterocycles. The number of aliphatic carboxylic acids is 1. The van der Waals surface area contributed by atoms with Gasteiger partial charge in [0.05, 0.1) is 0 Å². The number of hydrogen-bond donors (Lipinski definition) is 3. The third-order valence-electron chi connectivity index (χ3n) is 1.82. The Morgan fingerprint density at radius 1 is 1.40 bits per heavy atom. The van der Waals surface area contributed by atoms with Gasteiger partial charge in [0.1, 0.15) is 6.04 Å². The average molecular weight is 229 g/mol. The van der Waals surface area contributed by atoms with E-state index >= 15 is 0 Å². The molecule has 82 valence electrons. The van der Waals surface area contributed by atoms with Crippen molar-refractivity contribution in [2.45, 2.75) is 12.5 Å². The molecule has 0 aliphatic carbocycles. The highest BCUT2D eigenvalue weighted by atomic mass is 32.2. The van der Waals surface area contributed by atoms with Gasteiger partial charge < -0.3 is 5.11 Å². The van der Waals surface area contributed by atoms with Crippen LogP contribution in [0.3, 0.4) is 0 Å². The molecule has 1 rings (SSSR count). The number of carboxylic acids is 1. The first-order valence-corrected chi connectivity index (χ1v) is 5.34. The van der Waals surface area contributed by atoms with E-state index in [-0.39, 0.29) is 6.42 Å². The summed E-state index contributed by atoms with van der Waals surface area (Å²) >= 11 is -2.32. The van der Waals surface area contributed by atoms with Gasteiger partial charge in [-0.05, 0) is 12.0 Å². The highest BCUT2D eigenvalue weighted by Crippen LogP contribution is 2.03. The maximum absolute atomic E-state index is 10.7. The van der Waals surface area contributed by atoms with Crippen molar-refractivity contribution in [3.8, 4) is 0 Å². The van der Waals surface area contributed by atoms with E-state index < -0.39 is 23.3 Å². The number of rotatable bonds is 5. The molecule has 1 aromatic carbocycles. The molecule has 5 nitrogen and oxygen atoms in total. The number of benzene rings is 1. The first-order chi connectivity index (χ1) is 7.09. The summed E-state index contributed by atoms with van der Waals surface area (Å²) in [5.74, 6) is -1.15. The Bertz CT molecular complexity index is 354. The molecule has 0 saturated carbocycles. The summed E-state index contributed by atoms with van der Waals surface area (Å²) in [5.41, 5.74) is 0.794. The van der Waals surface area contributed by atoms with Crippen LogP contribution in [0.15, 0.2) is 30.3 Å². The molecular weight excluding hydrogens is 218 g/mol. The van der Waals surface area contributed by atoms with Crippen LogP contribution in [0.25, 0.3) is 0 Å². The summed E-state index contributed by atoms with van der Waals surface area (Å²) in [7, 11) is 0. The zero-order valence-corrected chi connectivity index (χ0v) is 8.61. The predicted molar refractivity (Wildman–Crippen MR) is 55.5 cm³/mol. The molecule has 1 aromatic rings. The van der Waals surface area contributed by atoms with Crippen molar-refractivity contribution in [2.24, 2.45) is 0 Å². The Kier molecular flexibility index (Phi) is 4.41. The fourth-order valence-corrected chi connectivity index (χ4v) is 1.58. The van der Waals surface area contributed by atoms with E-state index in [0.29, 0.717) is 0 Å². The van der Waals surface area contributed by atoms with E-state index in [1.54, 1.807) is 24.3 Å². The first-order valence-electron chi connectivity index (χ1n) is 4.23. The van der Waals surface area contributed by atoms with E-state index in [1.807, 2.05) is 6.07 Å². The summed E-state index contributed by atoms with van der Waals surface area (Å²) in [6, 6.07) is 7.85. The molecule has 0 fully saturated rings. The minimum absolute atomic E-state index is 0.169. The summed E-state index contributed by atoms with van der Waals surface area (Å²) in [4.78, 5) is 10.7. The van der Waals surface area contributed by atoms with Gasteiger partial charge in [-0.25, -0.2) is 4.21 Å². The van der Waals surface area contributed by atoms with E-state index in [9.17, 15) is 9.00 Å². The fourth-order valence-electron chi connectivity index (χ4n) is 1.15. The van der Waals surface area contributed by atoms with Crippen LogP contribution >= 0.6 is 0 Å². The van der Waals surface area contributed by atoms with Crippen molar-refractivity contribution in [3.05, 3.63) is 35.9 Å². The van der Waals surface area contributed by atoms with Gasteiger partial charge >= 0.3 is 5.97 Å². The highest BCUT2D eigenvalue weighted by Gasteiger charge is 2.19. The molecule has 0 aliphatic heterocycles. The summed E-state index contributed by atoms with van der Waals surface area (Å²) in [5, 5.41) is 8.78. The number of carboxylic acid groups (broad SMARTS) is 1. The molecule has 0 bridgehead atoms. The topological polar surface area (TPSA) is 86.6 Å². The van der Waals surface area contributed by atoms with E-state index in [1.165, 1.54) is 0 Å². The average Bonchev–Trinajstić information content (AvgIpc) is 2.17. The maximum Gasteiger partial charge on any atom is 0.322 e. The van der Waals surface area contributed by atoms with Crippen LogP contribution in [0.1, 0.15) is 5.56 Å². The molecule has 2 atom stereocenters. The van der Waals surface area contributed by atoms with Gasteiger partial charge in [0.25, 0.3) is 0 Å². The molecule has 0 saturated heterocycles. The Morgan fingerprint density at radius 3 is 2.47 bits per heavy atom. The summed E-state index contributed by atoms with van der Waals surface area (Å²) in [6.45, 7) is 0. The van der Waals surface area contributed by atoms with Crippen LogP contribution in [-0.2, 0) is 22.5 Å². The Hall–Kier alpha value is -1.24. The summed E-state index contributed by atoms with van der Waals surface area (Å²) in [6.07, 6.45) is 0.169. The molecule has 3 N–H and O–H groups in total. The Labute approximate surface area is 89.5 Å². The Balaban J connectivity index is 2.67. The second-order valence-electron chi connectivity index (χ2n) is 2.95. The molecule has 0 spiro atoms. The lowest BCUT2D eigenvalue weighted by molar-refractivity contribution is -0.138. The second-order valence-corrected chi connectivity index (χ2v) is 3.68. The zero-order chi connectivity index (χ0) is 11.3. The largest absolute Gasteiger partial charge is 0.480 e. The van der Waals surface area contributed by atoms with Crippen LogP contribution in [0.5, 0.6) is 0 Å². The van der Waals surface area contributed by atoms with Crippen molar-refractivity contribution in [1.82, 2.24) is 4.72 Å². The van der Waals surface area contributed by atoms with E-state index in [2.05, 4.69) is 4.72 Å². The van der Waals surface area contributed by atoms with Crippen molar-refractivity contribution in [3.63, 3.8) is 0 Å². The standard InChI is InChI=1S/C9H11NO4S/c11-9(12)8(10-15(13)14)6-7-4-2-1-3-5-7/h1-5,8,10H,6H2,(H,11,12)(H,13,14)/t8-/m0/s1. The molecular formula is C9H11NO4S. The minimum atomic E-state index is -2.32. The number of carbonyl (C=O) groups is 1. The van der Waals surface area contributed by atoms with Gasteiger partial charge in [-0.15, -0.1) is 0 Å². The van der Waals surface area contributed by atoms with Gasteiger partial charge in [-0.3, -0.25) is 9.35 Å². The van der Waals surface area contributed by atoms with Crippen LogP contribution in [-0.4, -0.2) is 25.9 Å². The molecule has 0 radical (unpaired) electrons. The first kappa shape index (κ1) is 11.8. The Morgan fingerprint density at radius 2 is 2.00 bits per heavy atom. The van der Waals surface area contributed by atoms with Gasteiger partial charge in [0, 0.05) is 0 Å². The van der Waals surface area contributed by atoms with Gasteiger partial charge in [0.15, 0.2) is 0 Å². The molecule has 1 unspecified atom stereocenters. The molecule has 15 heavy (non-hydrogen) atoms. The number of hydrogen-bond acceptors (Lipinski definition) is 2. The quantitative estimate of drug-likeness (QED) is 0.638. The summed E-state index contributed by atoms with van der Waals surface area (Å²) < 4.78 is 21.0. The minimum Gasteiger partial charge on any atom is -0.480 e. The van der Waals surface area contributed by atoms with Gasteiger partial charge in [0.2, 0.25) is 11.3 Å². The van der Waals surface area contributed by atoms with Crippen LogP contribution < -0.4 is 4.72 Å². The lowest BCUT2D eigenvalue weighted by Gasteiger charge is -2.11. The maximum atomic E-state index is 10.7. The molecule has 0 heterocycles. The van der Waals surface area contributed by atoms with Crippen molar-refractivity contribution in [1.29, 1.82) is 0 Å². The monoisotopic (exact) mass is 229 g/mol. The molecule has 6 heteroatoms. The van der Waals surface area contributed by atoms with Crippen molar-refractivity contribution in [2.75, 3.05) is 0 Å². The molecule has 0 amide bonds. The smallest absolute Gasteiger partial charge is 0.322 e. The predicted octanol–water partition coefficient (Wildman–Crippen LogP) is 0.409. The van der Waals surface area contributed by atoms with Crippen LogP contribution in [0, 0.1) is 0 Å². The highest BCUT2D eigenvalue weighted by molar-refractivity contribution is 7.77. The lowest BCUT2D eigenvalue weighted by atomic mass is 10.1. The fraction of sp³-hybridized carbons (Fsp3) is 0.222.